The Bertz CT molecular complexity index is 1050. The Morgan fingerprint density at radius 2 is 1.97 bits per heavy atom. The van der Waals surface area contributed by atoms with Crippen LogP contribution >= 0.6 is 11.6 Å². The molecule has 1 amide bonds. The molecule has 0 aliphatic carbocycles. The molecule has 1 aliphatic heterocycles. The first-order valence-electron chi connectivity index (χ1n) is 8.86. The summed E-state index contributed by atoms with van der Waals surface area (Å²) < 4.78 is 44.1. The smallest absolute Gasteiger partial charge is 0.337 e. The second-order valence-electron chi connectivity index (χ2n) is 6.74. The zero-order valence-electron chi connectivity index (χ0n) is 15.0. The standard InChI is InChI=1S/C20H15ClF3N3O2/c21-15-6-1-3-12(9-15)11-27-16(7-8-17(27)28)19-25-18(26-29-19)13-4-2-5-14(10-13)20(22,23)24/h1-6,9-10,16H,7-8,11H2. The van der Waals surface area contributed by atoms with Gasteiger partial charge in [-0.3, -0.25) is 4.79 Å². The summed E-state index contributed by atoms with van der Waals surface area (Å²) in [5.74, 6) is 0.187. The molecule has 1 unspecified atom stereocenters. The minimum Gasteiger partial charge on any atom is -0.337 e. The first kappa shape index (κ1) is 19.4. The quantitative estimate of drug-likeness (QED) is 0.575. The molecule has 0 saturated carbocycles. The van der Waals surface area contributed by atoms with Gasteiger partial charge in [0.05, 0.1) is 5.56 Å². The lowest BCUT2D eigenvalue weighted by molar-refractivity contribution is -0.137. The highest BCUT2D eigenvalue weighted by molar-refractivity contribution is 6.30. The molecule has 0 N–H and O–H groups in total. The lowest BCUT2D eigenvalue weighted by Crippen LogP contribution is -2.27. The van der Waals surface area contributed by atoms with E-state index in [9.17, 15) is 18.0 Å². The van der Waals surface area contributed by atoms with E-state index in [0.29, 0.717) is 24.4 Å². The fourth-order valence-corrected chi connectivity index (χ4v) is 3.56. The summed E-state index contributed by atoms with van der Waals surface area (Å²) in [6.45, 7) is 0.325. The second kappa shape index (κ2) is 7.51. The highest BCUT2D eigenvalue weighted by atomic mass is 35.5. The molecule has 2 heterocycles. The minimum atomic E-state index is -4.46. The van der Waals surface area contributed by atoms with Crippen LogP contribution in [0.2, 0.25) is 5.02 Å². The molecule has 1 aliphatic rings. The van der Waals surface area contributed by atoms with Crippen LogP contribution in [0, 0.1) is 0 Å². The number of nitrogens with zero attached hydrogens (tertiary/aromatic N) is 3. The lowest BCUT2D eigenvalue weighted by Gasteiger charge is -2.22. The molecule has 1 atom stereocenters. The second-order valence-corrected chi connectivity index (χ2v) is 7.18. The average Bonchev–Trinajstić information content (AvgIpc) is 3.29. The van der Waals surface area contributed by atoms with Crippen molar-refractivity contribution < 1.29 is 22.5 Å². The number of rotatable bonds is 4. The highest BCUT2D eigenvalue weighted by Crippen LogP contribution is 2.35. The van der Waals surface area contributed by atoms with E-state index in [1.54, 1.807) is 23.1 Å². The third-order valence-electron chi connectivity index (χ3n) is 4.75. The summed E-state index contributed by atoms with van der Waals surface area (Å²) in [6.07, 6.45) is -3.65. The predicted octanol–water partition coefficient (Wildman–Crippen LogP) is 5.27. The summed E-state index contributed by atoms with van der Waals surface area (Å²) >= 11 is 6.01. The molecule has 29 heavy (non-hydrogen) atoms. The highest BCUT2D eigenvalue weighted by Gasteiger charge is 2.36. The summed E-state index contributed by atoms with van der Waals surface area (Å²) in [7, 11) is 0. The third-order valence-corrected chi connectivity index (χ3v) is 4.98. The van der Waals surface area contributed by atoms with Gasteiger partial charge in [0.1, 0.15) is 6.04 Å². The van der Waals surface area contributed by atoms with Gasteiger partial charge in [-0.25, -0.2) is 0 Å². The summed E-state index contributed by atoms with van der Waals surface area (Å²) in [6, 6.07) is 11.5. The van der Waals surface area contributed by atoms with Gasteiger partial charge in [0.25, 0.3) is 0 Å². The average molecular weight is 422 g/mol. The molecular weight excluding hydrogens is 407 g/mol. The Labute approximate surface area is 169 Å². The lowest BCUT2D eigenvalue weighted by atomic mass is 10.1. The van der Waals surface area contributed by atoms with Gasteiger partial charge in [-0.05, 0) is 36.2 Å². The molecule has 5 nitrogen and oxygen atoms in total. The molecule has 4 rings (SSSR count). The topological polar surface area (TPSA) is 59.2 Å². The number of carbonyl (C=O) groups is 1. The molecular formula is C20H15ClF3N3O2. The van der Waals surface area contributed by atoms with E-state index in [-0.39, 0.29) is 23.2 Å². The van der Waals surface area contributed by atoms with Crippen molar-refractivity contribution in [3.05, 3.63) is 70.6 Å². The van der Waals surface area contributed by atoms with Gasteiger partial charge in [-0.1, -0.05) is 41.0 Å². The van der Waals surface area contributed by atoms with Crippen LogP contribution < -0.4 is 0 Å². The zero-order chi connectivity index (χ0) is 20.6. The van der Waals surface area contributed by atoms with Crippen molar-refractivity contribution in [3.63, 3.8) is 0 Å². The fraction of sp³-hybridized carbons (Fsp3) is 0.250. The van der Waals surface area contributed by atoms with Gasteiger partial charge < -0.3 is 9.42 Å². The third kappa shape index (κ3) is 4.12. The number of amides is 1. The summed E-state index contributed by atoms with van der Waals surface area (Å²) in [4.78, 5) is 18.2. The van der Waals surface area contributed by atoms with Crippen molar-refractivity contribution in [1.29, 1.82) is 0 Å². The molecule has 1 aromatic heterocycles. The van der Waals surface area contributed by atoms with Gasteiger partial charge >= 0.3 is 6.18 Å². The van der Waals surface area contributed by atoms with E-state index >= 15 is 0 Å². The molecule has 1 saturated heterocycles. The van der Waals surface area contributed by atoms with E-state index in [4.69, 9.17) is 16.1 Å². The summed E-state index contributed by atoms with van der Waals surface area (Å²) in [5.41, 5.74) is 0.260. The number of likely N-dealkylation sites (tertiary alicyclic amines) is 1. The van der Waals surface area contributed by atoms with Gasteiger partial charge in [0, 0.05) is 23.6 Å². The van der Waals surface area contributed by atoms with E-state index in [1.807, 2.05) is 6.07 Å². The van der Waals surface area contributed by atoms with Crippen LogP contribution in [0.15, 0.2) is 53.1 Å². The van der Waals surface area contributed by atoms with Crippen LogP contribution in [0.25, 0.3) is 11.4 Å². The number of aromatic nitrogens is 2. The maximum absolute atomic E-state index is 12.9. The number of halogens is 4. The number of alkyl halides is 3. The predicted molar refractivity (Wildman–Crippen MR) is 98.7 cm³/mol. The number of carbonyl (C=O) groups excluding carboxylic acids is 1. The van der Waals surface area contributed by atoms with Crippen LogP contribution in [0.5, 0.6) is 0 Å². The Morgan fingerprint density at radius 3 is 2.72 bits per heavy atom. The van der Waals surface area contributed by atoms with E-state index in [2.05, 4.69) is 10.1 Å². The molecule has 9 heteroatoms. The largest absolute Gasteiger partial charge is 0.416 e. The maximum atomic E-state index is 12.9. The van der Waals surface area contributed by atoms with Crippen molar-refractivity contribution >= 4 is 17.5 Å². The van der Waals surface area contributed by atoms with Crippen LogP contribution in [-0.2, 0) is 17.5 Å². The Balaban J connectivity index is 1.59. The molecule has 150 valence electrons. The van der Waals surface area contributed by atoms with E-state index in [0.717, 1.165) is 17.7 Å². The van der Waals surface area contributed by atoms with Gasteiger partial charge in [0.2, 0.25) is 17.6 Å². The van der Waals surface area contributed by atoms with Crippen molar-refractivity contribution in [1.82, 2.24) is 15.0 Å². The van der Waals surface area contributed by atoms with Crippen LogP contribution in [-0.4, -0.2) is 20.9 Å². The van der Waals surface area contributed by atoms with Crippen molar-refractivity contribution in [2.24, 2.45) is 0 Å². The molecule has 0 bridgehead atoms. The monoisotopic (exact) mass is 421 g/mol. The van der Waals surface area contributed by atoms with Gasteiger partial charge in [-0.15, -0.1) is 0 Å². The number of benzene rings is 2. The van der Waals surface area contributed by atoms with Crippen molar-refractivity contribution in [2.45, 2.75) is 31.6 Å². The van der Waals surface area contributed by atoms with Crippen LogP contribution in [0.4, 0.5) is 13.2 Å². The first-order valence-corrected chi connectivity index (χ1v) is 9.24. The van der Waals surface area contributed by atoms with Crippen molar-refractivity contribution in [2.75, 3.05) is 0 Å². The minimum absolute atomic E-state index is 0.0492. The number of hydrogen-bond donors (Lipinski definition) is 0. The van der Waals surface area contributed by atoms with Crippen molar-refractivity contribution in [3.8, 4) is 11.4 Å². The SMILES string of the molecule is O=C1CCC(c2nc(-c3cccc(C(F)(F)F)c3)no2)N1Cc1cccc(Cl)c1. The van der Waals surface area contributed by atoms with Crippen LogP contribution in [0.3, 0.4) is 0 Å². The zero-order valence-corrected chi connectivity index (χ0v) is 15.7. The fourth-order valence-electron chi connectivity index (χ4n) is 3.34. The van der Waals surface area contributed by atoms with Crippen LogP contribution in [0.1, 0.15) is 35.9 Å². The Hall–Kier alpha value is -2.87. The maximum Gasteiger partial charge on any atom is 0.416 e. The van der Waals surface area contributed by atoms with Gasteiger partial charge in [-0.2, -0.15) is 18.2 Å². The number of hydrogen-bond acceptors (Lipinski definition) is 4. The molecule has 0 spiro atoms. The molecule has 3 aromatic rings. The van der Waals surface area contributed by atoms with Gasteiger partial charge in [0.15, 0.2) is 0 Å². The van der Waals surface area contributed by atoms with E-state index < -0.39 is 17.8 Å². The first-order chi connectivity index (χ1) is 13.8. The molecule has 1 fully saturated rings. The summed E-state index contributed by atoms with van der Waals surface area (Å²) in [5, 5.41) is 4.39. The Kier molecular flexibility index (Phi) is 5.04. The Morgan fingerprint density at radius 1 is 1.17 bits per heavy atom. The normalized spacial score (nSPS) is 17.2. The molecule has 2 aromatic carbocycles. The van der Waals surface area contributed by atoms with E-state index in [1.165, 1.54) is 12.1 Å². The molecule has 0 radical (unpaired) electrons.